The third-order valence-electron chi connectivity index (χ3n) is 3.47. The van der Waals surface area contributed by atoms with Crippen molar-refractivity contribution in [2.45, 2.75) is 53.0 Å². The second-order valence-electron chi connectivity index (χ2n) is 5.16. The fourth-order valence-corrected chi connectivity index (χ4v) is 13.8. The van der Waals surface area contributed by atoms with E-state index in [2.05, 4.69) is 0 Å². The molecule has 0 N–H and O–H groups in total. The van der Waals surface area contributed by atoms with Crippen LogP contribution in [0, 0.1) is 0 Å². The maximum absolute atomic E-state index is 6.12. The third kappa shape index (κ3) is 11.2. The number of hydrogen-bond acceptors (Lipinski definition) is 6. The Morgan fingerprint density at radius 3 is 0.960 bits per heavy atom. The van der Waals surface area contributed by atoms with Crippen molar-refractivity contribution in [3.05, 3.63) is 0 Å². The quantitative estimate of drug-likeness (QED) is 0.240. The molecule has 0 saturated heterocycles. The van der Waals surface area contributed by atoms with Crippen molar-refractivity contribution >= 4 is 21.8 Å². The zero-order valence-corrected chi connectivity index (χ0v) is 20.5. The van der Waals surface area contributed by atoms with Gasteiger partial charge in [-0.1, -0.05) is 0 Å². The van der Waals surface area contributed by atoms with Gasteiger partial charge >= 0.3 is 163 Å². The van der Waals surface area contributed by atoms with Gasteiger partial charge in [-0.25, -0.2) is 0 Å². The molecule has 152 valence electrons. The van der Waals surface area contributed by atoms with E-state index in [1.54, 1.807) is 0 Å². The molecular formula is C18H39BiO6. The summed E-state index contributed by atoms with van der Waals surface area (Å²) in [6, 6.07) is 0. The second-order valence-corrected chi connectivity index (χ2v) is 15.3. The van der Waals surface area contributed by atoms with Crippen molar-refractivity contribution in [1.82, 2.24) is 0 Å². The van der Waals surface area contributed by atoms with E-state index in [0.717, 1.165) is 0 Å². The van der Waals surface area contributed by atoms with Crippen LogP contribution in [0.3, 0.4) is 0 Å². The minimum atomic E-state index is -2.58. The monoisotopic (exact) mass is 560 g/mol. The van der Waals surface area contributed by atoms with Crippen LogP contribution in [0.5, 0.6) is 0 Å². The van der Waals surface area contributed by atoms with Crippen LogP contribution in [0.2, 0.25) is 0 Å². The fourth-order valence-electron chi connectivity index (χ4n) is 2.45. The average Bonchev–Trinajstić information content (AvgIpc) is 2.62. The van der Waals surface area contributed by atoms with Gasteiger partial charge in [-0.15, -0.1) is 0 Å². The Hall–Kier alpha value is 0.643. The summed E-state index contributed by atoms with van der Waals surface area (Å²) in [4.78, 5) is 0. The van der Waals surface area contributed by atoms with Crippen molar-refractivity contribution in [1.29, 1.82) is 0 Å². The molecule has 25 heavy (non-hydrogen) atoms. The molecule has 0 aromatic rings. The molecule has 0 aliphatic carbocycles. The SMILES string of the molecule is CCOC[CH](OCC)[Bi]([CH](COCC)OCC)[CH](COCC)OCC. The summed E-state index contributed by atoms with van der Waals surface area (Å²) in [6.45, 7) is 17.9. The van der Waals surface area contributed by atoms with E-state index in [-0.39, 0.29) is 11.4 Å². The normalized spacial score (nSPS) is 15.5. The van der Waals surface area contributed by atoms with Gasteiger partial charge in [0.05, 0.1) is 0 Å². The molecule has 0 aromatic heterocycles. The number of rotatable bonds is 18. The van der Waals surface area contributed by atoms with Crippen LogP contribution in [0.25, 0.3) is 0 Å². The van der Waals surface area contributed by atoms with Gasteiger partial charge in [0, 0.05) is 0 Å². The summed E-state index contributed by atoms with van der Waals surface area (Å²) in [5.41, 5.74) is 0. The summed E-state index contributed by atoms with van der Waals surface area (Å²) in [7, 11) is 0. The zero-order valence-electron chi connectivity index (χ0n) is 17.0. The Bertz CT molecular complexity index is 239. The molecule has 0 bridgehead atoms. The van der Waals surface area contributed by atoms with Crippen molar-refractivity contribution in [3.63, 3.8) is 0 Å². The van der Waals surface area contributed by atoms with Gasteiger partial charge in [-0.3, -0.25) is 0 Å². The average molecular weight is 560 g/mol. The molecule has 0 fully saturated rings. The molecule has 0 saturated carbocycles. The molecule has 0 aromatic carbocycles. The van der Waals surface area contributed by atoms with Crippen LogP contribution in [-0.2, 0) is 28.4 Å². The van der Waals surface area contributed by atoms with Gasteiger partial charge in [0.1, 0.15) is 0 Å². The third-order valence-corrected chi connectivity index (χ3v) is 14.7. The maximum atomic E-state index is 6.12. The van der Waals surface area contributed by atoms with Crippen LogP contribution in [-0.4, -0.2) is 92.6 Å². The Kier molecular flexibility index (Phi) is 18.5. The topological polar surface area (TPSA) is 55.4 Å². The molecule has 0 radical (unpaired) electrons. The predicted octanol–water partition coefficient (Wildman–Crippen LogP) is 2.42. The molecule has 7 heteroatoms. The predicted molar refractivity (Wildman–Crippen MR) is 101 cm³/mol. The molecule has 0 rings (SSSR count). The summed E-state index contributed by atoms with van der Waals surface area (Å²) in [6.07, 6.45) is 0. The first kappa shape index (κ1) is 25.6. The standard InChI is InChI=1S/3C6H13O2.Bi/c3*1-3-7-5-6-8-4-2;/h3*5H,3-4,6H2,1-2H3;. The first-order valence-electron chi connectivity index (χ1n) is 9.55. The fraction of sp³-hybridized carbons (Fsp3) is 1.00. The van der Waals surface area contributed by atoms with Gasteiger partial charge in [0.25, 0.3) is 0 Å². The van der Waals surface area contributed by atoms with E-state index in [1.807, 2.05) is 41.5 Å². The van der Waals surface area contributed by atoms with Crippen LogP contribution in [0.4, 0.5) is 0 Å². The summed E-state index contributed by atoms with van der Waals surface area (Å²) < 4.78 is 35.7. The van der Waals surface area contributed by atoms with E-state index in [9.17, 15) is 0 Å². The van der Waals surface area contributed by atoms with Crippen LogP contribution >= 0.6 is 0 Å². The van der Waals surface area contributed by atoms with Crippen molar-refractivity contribution < 1.29 is 28.4 Å². The molecule has 3 unspecified atom stereocenters. The van der Waals surface area contributed by atoms with Crippen molar-refractivity contribution in [3.8, 4) is 0 Å². The molecule has 0 spiro atoms. The molecule has 6 nitrogen and oxygen atoms in total. The minimum absolute atomic E-state index is 0.0639. The van der Waals surface area contributed by atoms with E-state index in [0.29, 0.717) is 59.5 Å². The van der Waals surface area contributed by atoms with E-state index >= 15 is 0 Å². The Labute approximate surface area is 162 Å². The summed E-state index contributed by atoms with van der Waals surface area (Å²) in [5, 5.41) is 0. The van der Waals surface area contributed by atoms with Crippen LogP contribution in [0.1, 0.15) is 41.5 Å². The van der Waals surface area contributed by atoms with Crippen LogP contribution in [0.15, 0.2) is 0 Å². The molecule has 0 amide bonds. The first-order chi connectivity index (χ1) is 12.2. The van der Waals surface area contributed by atoms with Gasteiger partial charge in [0.2, 0.25) is 0 Å². The van der Waals surface area contributed by atoms with Crippen molar-refractivity contribution in [2.24, 2.45) is 0 Å². The van der Waals surface area contributed by atoms with E-state index in [4.69, 9.17) is 28.4 Å². The molecule has 0 aliphatic rings. The summed E-state index contributed by atoms with van der Waals surface area (Å²) >= 11 is -2.58. The Morgan fingerprint density at radius 2 is 0.760 bits per heavy atom. The Balaban J connectivity index is 5.47. The van der Waals surface area contributed by atoms with Gasteiger partial charge in [-0.2, -0.15) is 0 Å². The van der Waals surface area contributed by atoms with Crippen LogP contribution < -0.4 is 0 Å². The van der Waals surface area contributed by atoms with Gasteiger partial charge in [-0.05, 0) is 0 Å². The van der Waals surface area contributed by atoms with E-state index in [1.165, 1.54) is 0 Å². The summed E-state index contributed by atoms with van der Waals surface area (Å²) in [5.74, 6) is 0. The van der Waals surface area contributed by atoms with E-state index < -0.39 is 21.8 Å². The Morgan fingerprint density at radius 1 is 0.480 bits per heavy atom. The molecule has 0 aliphatic heterocycles. The number of hydrogen-bond donors (Lipinski definition) is 0. The zero-order chi connectivity index (χ0) is 18.9. The molecular weight excluding hydrogens is 521 g/mol. The number of ether oxygens (including phenoxy) is 6. The van der Waals surface area contributed by atoms with Gasteiger partial charge in [0.15, 0.2) is 0 Å². The van der Waals surface area contributed by atoms with Gasteiger partial charge < -0.3 is 0 Å². The molecule has 0 heterocycles. The molecule has 3 atom stereocenters. The second kappa shape index (κ2) is 18.0. The first-order valence-corrected chi connectivity index (χ1v) is 15.6. The van der Waals surface area contributed by atoms with Crippen molar-refractivity contribution in [2.75, 3.05) is 59.5 Å².